The standard InChI is InChI=1S/C20H26O5/c1-6-15(22)7-8-18(3,4)10-16-13(2)17(23)20(25-16)12-19(5,24)9-14(20)11-21/h9,11,15,22,24H,6,10,12H2,1-5H3/t15?,19-,20-/m1/s1. The third-order valence-electron chi connectivity index (χ3n) is 4.66. The monoisotopic (exact) mass is 346 g/mol. The molecule has 1 heterocycles. The first-order valence-corrected chi connectivity index (χ1v) is 8.51. The Morgan fingerprint density at radius 2 is 2.12 bits per heavy atom. The highest BCUT2D eigenvalue weighted by Gasteiger charge is 2.57. The maximum absolute atomic E-state index is 12.8. The summed E-state index contributed by atoms with van der Waals surface area (Å²) in [7, 11) is 0. The van der Waals surface area contributed by atoms with Gasteiger partial charge in [-0.1, -0.05) is 18.8 Å². The van der Waals surface area contributed by atoms with Crippen molar-refractivity contribution in [3.8, 4) is 11.8 Å². The molecule has 0 aromatic carbocycles. The molecular weight excluding hydrogens is 320 g/mol. The summed E-state index contributed by atoms with van der Waals surface area (Å²) in [6, 6.07) is 0. The molecule has 1 aliphatic carbocycles. The Labute approximate surface area is 148 Å². The first-order chi connectivity index (χ1) is 11.5. The van der Waals surface area contributed by atoms with E-state index in [1.54, 1.807) is 13.8 Å². The fraction of sp³-hybridized carbons (Fsp3) is 0.600. The quantitative estimate of drug-likeness (QED) is 0.601. The molecule has 0 aromatic rings. The minimum atomic E-state index is -1.42. The number of carbonyl (C=O) groups is 2. The van der Waals surface area contributed by atoms with Gasteiger partial charge in [0, 0.05) is 29.4 Å². The fourth-order valence-corrected chi connectivity index (χ4v) is 3.30. The molecule has 0 amide bonds. The van der Waals surface area contributed by atoms with Crippen molar-refractivity contribution in [1.82, 2.24) is 0 Å². The normalized spacial score (nSPS) is 30.0. The summed E-state index contributed by atoms with van der Waals surface area (Å²) in [5.74, 6) is 6.04. The zero-order chi connectivity index (χ0) is 19.0. The highest BCUT2D eigenvalue weighted by Crippen LogP contribution is 2.48. The topological polar surface area (TPSA) is 83.8 Å². The Bertz CT molecular complexity index is 714. The van der Waals surface area contributed by atoms with E-state index >= 15 is 0 Å². The molecule has 1 spiro atoms. The molecule has 0 aromatic heterocycles. The summed E-state index contributed by atoms with van der Waals surface area (Å²) in [5.41, 5.74) is -2.57. The zero-order valence-corrected chi connectivity index (χ0v) is 15.5. The zero-order valence-electron chi connectivity index (χ0n) is 15.5. The Kier molecular flexibility index (Phi) is 5.00. The Balaban J connectivity index is 2.28. The largest absolute Gasteiger partial charge is 0.478 e. The number of rotatable bonds is 4. The summed E-state index contributed by atoms with van der Waals surface area (Å²) in [6.07, 6.45) is 2.25. The van der Waals surface area contributed by atoms with Crippen LogP contribution in [0.15, 0.2) is 23.0 Å². The van der Waals surface area contributed by atoms with E-state index in [9.17, 15) is 19.8 Å². The summed E-state index contributed by atoms with van der Waals surface area (Å²) in [5, 5.41) is 19.9. The van der Waals surface area contributed by atoms with Gasteiger partial charge >= 0.3 is 0 Å². The Morgan fingerprint density at radius 1 is 1.48 bits per heavy atom. The average Bonchev–Trinajstić information content (AvgIpc) is 2.92. The number of aldehydes is 1. The number of hydrogen-bond acceptors (Lipinski definition) is 5. The first-order valence-electron chi connectivity index (χ1n) is 8.51. The van der Waals surface area contributed by atoms with Gasteiger partial charge in [0.15, 0.2) is 0 Å². The van der Waals surface area contributed by atoms with Crippen LogP contribution >= 0.6 is 0 Å². The molecule has 2 N–H and O–H groups in total. The van der Waals surface area contributed by atoms with Crippen LogP contribution in [0.2, 0.25) is 0 Å². The van der Waals surface area contributed by atoms with E-state index in [-0.39, 0.29) is 17.8 Å². The lowest BCUT2D eigenvalue weighted by Gasteiger charge is -2.28. The van der Waals surface area contributed by atoms with Crippen molar-refractivity contribution < 1.29 is 24.5 Å². The summed E-state index contributed by atoms with van der Waals surface area (Å²) < 4.78 is 5.98. The van der Waals surface area contributed by atoms with E-state index in [1.807, 2.05) is 20.8 Å². The summed E-state index contributed by atoms with van der Waals surface area (Å²) >= 11 is 0. The van der Waals surface area contributed by atoms with Crippen molar-refractivity contribution in [3.63, 3.8) is 0 Å². The van der Waals surface area contributed by atoms with Gasteiger partial charge in [-0.15, -0.1) is 0 Å². The van der Waals surface area contributed by atoms with Crippen LogP contribution in [0.3, 0.4) is 0 Å². The van der Waals surface area contributed by atoms with Crippen molar-refractivity contribution >= 4 is 12.1 Å². The van der Waals surface area contributed by atoms with E-state index in [0.717, 1.165) is 0 Å². The van der Waals surface area contributed by atoms with Gasteiger partial charge in [0.2, 0.25) is 11.4 Å². The van der Waals surface area contributed by atoms with E-state index < -0.39 is 22.7 Å². The molecule has 0 saturated heterocycles. The van der Waals surface area contributed by atoms with Crippen molar-refractivity contribution in [2.75, 3.05) is 0 Å². The first kappa shape index (κ1) is 19.4. The van der Waals surface area contributed by atoms with E-state index in [2.05, 4.69) is 11.8 Å². The van der Waals surface area contributed by atoms with Gasteiger partial charge < -0.3 is 14.9 Å². The number of ether oxygens (including phenoxy) is 1. The van der Waals surface area contributed by atoms with Gasteiger partial charge in [-0.25, -0.2) is 0 Å². The maximum Gasteiger partial charge on any atom is 0.210 e. The molecule has 1 aliphatic heterocycles. The molecule has 0 radical (unpaired) electrons. The smallest absolute Gasteiger partial charge is 0.210 e. The van der Waals surface area contributed by atoms with Gasteiger partial charge in [-0.05, 0) is 40.2 Å². The van der Waals surface area contributed by atoms with Gasteiger partial charge in [0.1, 0.15) is 18.1 Å². The Hall–Kier alpha value is -1.90. The average molecular weight is 346 g/mol. The second-order valence-electron chi connectivity index (χ2n) is 7.81. The van der Waals surface area contributed by atoms with Gasteiger partial charge in [-0.2, -0.15) is 0 Å². The molecular formula is C20H26O5. The fourth-order valence-electron chi connectivity index (χ4n) is 3.30. The van der Waals surface area contributed by atoms with Crippen LogP contribution in [0.25, 0.3) is 0 Å². The number of hydrogen-bond donors (Lipinski definition) is 2. The van der Waals surface area contributed by atoms with Crippen molar-refractivity contribution in [1.29, 1.82) is 0 Å². The lowest BCUT2D eigenvalue weighted by Crippen LogP contribution is -2.41. The van der Waals surface area contributed by atoms with E-state index in [4.69, 9.17) is 4.74 Å². The lowest BCUT2D eigenvalue weighted by atomic mass is 9.86. The lowest BCUT2D eigenvalue weighted by molar-refractivity contribution is -0.131. The van der Waals surface area contributed by atoms with Crippen molar-refractivity contribution in [2.24, 2.45) is 5.41 Å². The molecule has 1 unspecified atom stereocenters. The molecule has 136 valence electrons. The third kappa shape index (κ3) is 3.70. The number of ketones is 1. The maximum atomic E-state index is 12.8. The van der Waals surface area contributed by atoms with Crippen LogP contribution in [0.4, 0.5) is 0 Å². The van der Waals surface area contributed by atoms with Crippen LogP contribution in [-0.4, -0.2) is 39.6 Å². The molecule has 25 heavy (non-hydrogen) atoms. The van der Waals surface area contributed by atoms with Crippen molar-refractivity contribution in [3.05, 3.63) is 23.0 Å². The van der Waals surface area contributed by atoms with Crippen LogP contribution in [0.1, 0.15) is 53.9 Å². The summed E-state index contributed by atoms with van der Waals surface area (Å²) in [6.45, 7) is 8.88. The highest BCUT2D eigenvalue weighted by molar-refractivity contribution is 6.10. The van der Waals surface area contributed by atoms with Crippen LogP contribution in [-0.2, 0) is 14.3 Å². The number of aliphatic hydroxyl groups is 2. The predicted octanol–water partition coefficient (Wildman–Crippen LogP) is 2.07. The highest BCUT2D eigenvalue weighted by atomic mass is 16.5. The number of Topliss-reactive ketones (excluding diaryl/α,β-unsaturated/α-hetero) is 1. The molecule has 0 saturated carbocycles. The van der Waals surface area contributed by atoms with Crippen LogP contribution in [0, 0.1) is 17.3 Å². The number of allylic oxidation sites excluding steroid dienone is 1. The summed E-state index contributed by atoms with van der Waals surface area (Å²) in [4.78, 5) is 24.3. The van der Waals surface area contributed by atoms with Gasteiger partial charge in [-0.3, -0.25) is 9.59 Å². The molecule has 5 heteroatoms. The van der Waals surface area contributed by atoms with Crippen LogP contribution < -0.4 is 0 Å². The van der Waals surface area contributed by atoms with Crippen LogP contribution in [0.5, 0.6) is 0 Å². The molecule has 0 bridgehead atoms. The second kappa shape index (κ2) is 6.44. The minimum Gasteiger partial charge on any atom is -0.478 e. The van der Waals surface area contributed by atoms with E-state index in [0.29, 0.717) is 30.5 Å². The molecule has 0 fully saturated rings. The SMILES string of the molecule is CCC(O)C#CC(C)(C)CC1=C(C)C(=O)[C@]2(C[C@](C)(O)C=C2C=O)O1. The molecule has 5 nitrogen and oxygen atoms in total. The molecule has 2 rings (SSSR count). The Morgan fingerprint density at radius 3 is 2.68 bits per heavy atom. The minimum absolute atomic E-state index is 0.0222. The number of aliphatic hydroxyl groups excluding tert-OH is 1. The second-order valence-corrected chi connectivity index (χ2v) is 7.81. The third-order valence-corrected chi connectivity index (χ3v) is 4.66. The van der Waals surface area contributed by atoms with Gasteiger partial charge in [0.25, 0.3) is 0 Å². The number of carbonyl (C=O) groups excluding carboxylic acids is 2. The van der Waals surface area contributed by atoms with E-state index in [1.165, 1.54) is 6.08 Å². The van der Waals surface area contributed by atoms with Crippen molar-refractivity contribution in [2.45, 2.75) is 71.2 Å². The predicted molar refractivity (Wildman–Crippen MR) is 93.4 cm³/mol. The molecule has 3 atom stereocenters. The van der Waals surface area contributed by atoms with Gasteiger partial charge in [0.05, 0.1) is 5.60 Å². The molecule has 2 aliphatic rings.